The van der Waals surface area contributed by atoms with Gasteiger partial charge in [0.05, 0.1) is 5.69 Å². The third-order valence-corrected chi connectivity index (χ3v) is 3.16. The number of imide groups is 1. The molecule has 1 heterocycles. The van der Waals surface area contributed by atoms with Crippen molar-refractivity contribution in [3.05, 3.63) is 29.3 Å². The first-order chi connectivity index (χ1) is 9.13. The molecule has 1 unspecified atom stereocenters. The summed E-state index contributed by atoms with van der Waals surface area (Å²) >= 11 is 5.87. The van der Waals surface area contributed by atoms with E-state index in [1.807, 2.05) is 0 Å². The predicted molar refractivity (Wildman–Crippen MR) is 72.4 cm³/mol. The molecular weight excluding hydrogens is 268 g/mol. The van der Waals surface area contributed by atoms with Crippen molar-refractivity contribution in [2.75, 3.05) is 18.6 Å². The molecule has 1 aromatic rings. The van der Waals surface area contributed by atoms with Crippen molar-refractivity contribution in [2.45, 2.75) is 18.9 Å². The molecule has 0 radical (unpaired) electrons. The van der Waals surface area contributed by atoms with Crippen molar-refractivity contribution in [3.8, 4) is 0 Å². The third kappa shape index (κ3) is 3.05. The Morgan fingerprint density at radius 3 is 2.89 bits per heavy atom. The van der Waals surface area contributed by atoms with E-state index in [0.717, 1.165) is 11.3 Å². The standard InChI is InChI=1S/C13H15ClN2O3/c1-19-7-3-6-11-12(17)16(13(18)15-11)10-5-2-4-9(14)8-10/h2,4-5,8,11H,3,6-7H2,1H3,(H,15,18). The number of methoxy groups -OCH3 is 1. The quantitative estimate of drug-likeness (QED) is 0.665. The second-order valence-electron chi connectivity index (χ2n) is 4.29. The van der Waals surface area contributed by atoms with E-state index in [4.69, 9.17) is 16.3 Å². The summed E-state index contributed by atoms with van der Waals surface area (Å²) < 4.78 is 4.94. The Bertz CT molecular complexity index is 493. The van der Waals surface area contributed by atoms with E-state index in [2.05, 4.69) is 5.32 Å². The van der Waals surface area contributed by atoms with Crippen LogP contribution in [0.4, 0.5) is 10.5 Å². The molecule has 5 nitrogen and oxygen atoms in total. The smallest absolute Gasteiger partial charge is 0.329 e. The first-order valence-electron chi connectivity index (χ1n) is 6.02. The number of urea groups is 1. The number of nitrogens with one attached hydrogen (secondary N) is 1. The summed E-state index contributed by atoms with van der Waals surface area (Å²) in [7, 11) is 1.60. The van der Waals surface area contributed by atoms with Crippen LogP contribution in [0.2, 0.25) is 5.02 Å². The molecule has 1 aromatic carbocycles. The molecule has 6 heteroatoms. The molecule has 1 fully saturated rings. The maximum atomic E-state index is 12.2. The third-order valence-electron chi connectivity index (χ3n) is 2.93. The van der Waals surface area contributed by atoms with Gasteiger partial charge in [-0.05, 0) is 31.0 Å². The number of carbonyl (C=O) groups is 2. The minimum Gasteiger partial charge on any atom is -0.385 e. The number of hydrogen-bond acceptors (Lipinski definition) is 3. The SMILES string of the molecule is COCCCC1NC(=O)N(c2cccc(Cl)c2)C1=O. The maximum absolute atomic E-state index is 12.2. The van der Waals surface area contributed by atoms with Gasteiger partial charge >= 0.3 is 6.03 Å². The lowest BCUT2D eigenvalue weighted by Gasteiger charge is -2.13. The number of ether oxygens (including phenoxy) is 1. The molecule has 0 bridgehead atoms. The van der Waals surface area contributed by atoms with Gasteiger partial charge < -0.3 is 10.1 Å². The summed E-state index contributed by atoms with van der Waals surface area (Å²) in [5, 5.41) is 3.16. The molecule has 3 amide bonds. The molecule has 1 aliphatic rings. The average molecular weight is 283 g/mol. The summed E-state index contributed by atoms with van der Waals surface area (Å²) in [6, 6.07) is 5.78. The predicted octanol–water partition coefficient (Wildman–Crippen LogP) is 2.19. The molecule has 0 saturated carbocycles. The highest BCUT2D eigenvalue weighted by molar-refractivity contribution is 6.31. The van der Waals surface area contributed by atoms with Crippen LogP contribution in [0.15, 0.2) is 24.3 Å². The molecule has 0 spiro atoms. The first kappa shape index (κ1) is 13.8. The van der Waals surface area contributed by atoms with Crippen LogP contribution in [0.5, 0.6) is 0 Å². The first-order valence-corrected chi connectivity index (χ1v) is 6.40. The van der Waals surface area contributed by atoms with Gasteiger partial charge in [0.25, 0.3) is 5.91 Å². The van der Waals surface area contributed by atoms with Gasteiger partial charge in [-0.25, -0.2) is 9.69 Å². The number of halogens is 1. The summed E-state index contributed by atoms with van der Waals surface area (Å²) in [5.74, 6) is -0.247. The van der Waals surface area contributed by atoms with Gasteiger partial charge in [-0.15, -0.1) is 0 Å². The van der Waals surface area contributed by atoms with Crippen LogP contribution in [-0.2, 0) is 9.53 Å². The van der Waals surface area contributed by atoms with Crippen molar-refractivity contribution in [2.24, 2.45) is 0 Å². The van der Waals surface area contributed by atoms with Crippen molar-refractivity contribution in [3.63, 3.8) is 0 Å². The monoisotopic (exact) mass is 282 g/mol. The normalized spacial score (nSPS) is 18.8. The molecule has 0 aromatic heterocycles. The fourth-order valence-electron chi connectivity index (χ4n) is 2.02. The Balaban J connectivity index is 2.10. The minimum absolute atomic E-state index is 0.247. The van der Waals surface area contributed by atoms with Crippen LogP contribution < -0.4 is 10.2 Å². The van der Waals surface area contributed by atoms with Crippen LogP contribution in [0.3, 0.4) is 0 Å². The van der Waals surface area contributed by atoms with Crippen molar-refractivity contribution < 1.29 is 14.3 Å². The summed E-state index contributed by atoms with van der Waals surface area (Å²) in [4.78, 5) is 25.2. The zero-order chi connectivity index (χ0) is 13.8. The van der Waals surface area contributed by atoms with Gasteiger partial charge in [0.2, 0.25) is 0 Å². The zero-order valence-electron chi connectivity index (χ0n) is 10.6. The van der Waals surface area contributed by atoms with E-state index >= 15 is 0 Å². The summed E-state index contributed by atoms with van der Waals surface area (Å²) in [6.07, 6.45) is 1.28. The van der Waals surface area contributed by atoms with Gasteiger partial charge in [0, 0.05) is 18.7 Å². The Morgan fingerprint density at radius 1 is 1.42 bits per heavy atom. The maximum Gasteiger partial charge on any atom is 0.329 e. The van der Waals surface area contributed by atoms with E-state index in [9.17, 15) is 9.59 Å². The van der Waals surface area contributed by atoms with Crippen LogP contribution in [0.25, 0.3) is 0 Å². The molecular formula is C13H15ClN2O3. The molecule has 1 saturated heterocycles. The molecule has 1 N–H and O–H groups in total. The van der Waals surface area contributed by atoms with Crippen molar-refractivity contribution >= 4 is 29.2 Å². The van der Waals surface area contributed by atoms with Gasteiger partial charge in [-0.1, -0.05) is 17.7 Å². The van der Waals surface area contributed by atoms with Crippen LogP contribution >= 0.6 is 11.6 Å². The van der Waals surface area contributed by atoms with Gasteiger partial charge in [0.15, 0.2) is 0 Å². The van der Waals surface area contributed by atoms with Gasteiger partial charge in [-0.3, -0.25) is 4.79 Å². The molecule has 0 aliphatic carbocycles. The van der Waals surface area contributed by atoms with E-state index in [0.29, 0.717) is 23.7 Å². The fraction of sp³-hybridized carbons (Fsp3) is 0.385. The van der Waals surface area contributed by atoms with E-state index in [-0.39, 0.29) is 5.91 Å². The number of hydrogen-bond donors (Lipinski definition) is 1. The minimum atomic E-state index is -0.485. The average Bonchev–Trinajstić information content (AvgIpc) is 2.65. The molecule has 1 aliphatic heterocycles. The van der Waals surface area contributed by atoms with Crippen molar-refractivity contribution in [1.82, 2.24) is 5.32 Å². The number of rotatable bonds is 5. The number of nitrogens with zero attached hydrogens (tertiary/aromatic N) is 1. The Hall–Kier alpha value is -1.59. The highest BCUT2D eigenvalue weighted by atomic mass is 35.5. The molecule has 1 atom stereocenters. The van der Waals surface area contributed by atoms with Gasteiger partial charge in [0.1, 0.15) is 6.04 Å². The number of carbonyl (C=O) groups excluding carboxylic acids is 2. The Kier molecular flexibility index (Phi) is 4.39. The zero-order valence-corrected chi connectivity index (χ0v) is 11.3. The lowest BCUT2D eigenvalue weighted by Crippen LogP contribution is -2.31. The molecule has 19 heavy (non-hydrogen) atoms. The summed E-state index contributed by atoms with van der Waals surface area (Å²) in [6.45, 7) is 0.566. The van der Waals surface area contributed by atoms with Crippen LogP contribution in [0.1, 0.15) is 12.8 Å². The van der Waals surface area contributed by atoms with Crippen molar-refractivity contribution in [1.29, 1.82) is 0 Å². The Morgan fingerprint density at radius 2 is 2.21 bits per heavy atom. The van der Waals surface area contributed by atoms with E-state index < -0.39 is 12.1 Å². The largest absolute Gasteiger partial charge is 0.385 e. The van der Waals surface area contributed by atoms with Crippen LogP contribution in [-0.4, -0.2) is 31.7 Å². The number of anilines is 1. The molecule has 2 rings (SSSR count). The topological polar surface area (TPSA) is 58.6 Å². The fourth-order valence-corrected chi connectivity index (χ4v) is 2.20. The van der Waals surface area contributed by atoms with E-state index in [1.165, 1.54) is 0 Å². The van der Waals surface area contributed by atoms with Crippen LogP contribution in [0, 0.1) is 0 Å². The lowest BCUT2D eigenvalue weighted by molar-refractivity contribution is -0.118. The summed E-state index contributed by atoms with van der Waals surface area (Å²) in [5.41, 5.74) is 0.490. The number of benzene rings is 1. The lowest BCUT2D eigenvalue weighted by atomic mass is 10.1. The highest BCUT2D eigenvalue weighted by Crippen LogP contribution is 2.24. The number of amides is 3. The molecule has 102 valence electrons. The second-order valence-corrected chi connectivity index (χ2v) is 4.73. The second kappa shape index (κ2) is 6.04. The highest BCUT2D eigenvalue weighted by Gasteiger charge is 2.38. The van der Waals surface area contributed by atoms with E-state index in [1.54, 1.807) is 31.4 Å². The Labute approximate surface area is 116 Å². The van der Waals surface area contributed by atoms with Gasteiger partial charge in [-0.2, -0.15) is 0 Å².